The fourth-order valence-electron chi connectivity index (χ4n) is 0.422. The van der Waals surface area contributed by atoms with Crippen LogP contribution in [0.5, 0.6) is 0 Å². The van der Waals surface area contributed by atoms with Crippen molar-refractivity contribution in [2.75, 3.05) is 0 Å². The van der Waals surface area contributed by atoms with Crippen LogP contribution in [0.4, 0.5) is 4.39 Å². The van der Waals surface area contributed by atoms with Gasteiger partial charge in [0.1, 0.15) is 11.9 Å². The van der Waals surface area contributed by atoms with Gasteiger partial charge in [-0.3, -0.25) is 0 Å². The van der Waals surface area contributed by atoms with Crippen molar-refractivity contribution in [2.45, 2.75) is 0 Å². The molecule has 0 rings (SSSR count). The summed E-state index contributed by atoms with van der Waals surface area (Å²) in [6, 6.07) is 1.60. The van der Waals surface area contributed by atoms with E-state index in [-0.39, 0.29) is 5.57 Å². The molecule has 12 heavy (non-hydrogen) atoms. The van der Waals surface area contributed by atoms with Crippen LogP contribution < -0.4 is 0 Å². The first-order valence-corrected chi connectivity index (χ1v) is 3.86. The lowest BCUT2D eigenvalue weighted by Crippen LogP contribution is -1.76. The second-order valence-corrected chi connectivity index (χ2v) is 2.79. The van der Waals surface area contributed by atoms with Gasteiger partial charge in [0, 0.05) is 4.48 Å². The van der Waals surface area contributed by atoms with Crippen LogP contribution in [0.15, 0.2) is 47.3 Å². The van der Waals surface area contributed by atoms with E-state index in [1.807, 2.05) is 0 Å². The van der Waals surface area contributed by atoms with E-state index in [1.54, 1.807) is 12.1 Å². The number of hydrogen-bond acceptors (Lipinski definition) is 1. The first-order chi connectivity index (χ1) is 5.61. The molecule has 0 saturated heterocycles. The van der Waals surface area contributed by atoms with E-state index in [0.29, 0.717) is 4.48 Å². The minimum absolute atomic E-state index is 0.190. The van der Waals surface area contributed by atoms with Crippen LogP contribution in [0.1, 0.15) is 0 Å². The van der Waals surface area contributed by atoms with Gasteiger partial charge in [-0.05, 0) is 12.2 Å². The highest BCUT2D eigenvalue weighted by Gasteiger charge is 1.99. The van der Waals surface area contributed by atoms with Crippen molar-refractivity contribution in [1.82, 2.24) is 0 Å². The number of nitrogens with zero attached hydrogens (tertiary/aromatic N) is 1. The van der Waals surface area contributed by atoms with Gasteiger partial charge < -0.3 is 0 Å². The van der Waals surface area contributed by atoms with Gasteiger partial charge >= 0.3 is 0 Å². The maximum absolute atomic E-state index is 12.8. The summed E-state index contributed by atoms with van der Waals surface area (Å²) in [4.78, 5) is 0. The molecule has 0 radical (unpaired) electrons. The number of rotatable bonds is 3. The Morgan fingerprint density at radius 3 is 2.58 bits per heavy atom. The maximum atomic E-state index is 12.8. The summed E-state index contributed by atoms with van der Waals surface area (Å²) in [5.41, 5.74) is -0.190. The zero-order chi connectivity index (χ0) is 9.56. The van der Waals surface area contributed by atoms with Crippen molar-refractivity contribution >= 4 is 15.9 Å². The molecular formula is C9H7BrFN. The van der Waals surface area contributed by atoms with E-state index in [4.69, 9.17) is 5.26 Å². The highest BCUT2D eigenvalue weighted by Crippen LogP contribution is 2.15. The molecule has 0 aliphatic heterocycles. The quantitative estimate of drug-likeness (QED) is 0.536. The van der Waals surface area contributed by atoms with E-state index >= 15 is 0 Å². The SMILES string of the molecule is C=CC=C(Br)C=C(F)C(=C)C#N. The summed E-state index contributed by atoms with van der Waals surface area (Å²) in [7, 11) is 0. The molecule has 0 atom stereocenters. The minimum Gasteiger partial charge on any atom is -0.206 e. The van der Waals surface area contributed by atoms with Crippen LogP contribution in [-0.4, -0.2) is 0 Å². The smallest absolute Gasteiger partial charge is 0.141 e. The zero-order valence-electron chi connectivity index (χ0n) is 6.35. The third-order valence-corrected chi connectivity index (χ3v) is 1.46. The molecule has 3 heteroatoms. The predicted octanol–water partition coefficient (Wildman–Crippen LogP) is 3.38. The van der Waals surface area contributed by atoms with E-state index in [9.17, 15) is 4.39 Å². The Hall–Kier alpha value is -1.14. The highest BCUT2D eigenvalue weighted by atomic mass is 79.9. The highest BCUT2D eigenvalue weighted by molar-refractivity contribution is 9.11. The Morgan fingerprint density at radius 1 is 1.58 bits per heavy atom. The van der Waals surface area contributed by atoms with Crippen LogP contribution in [0.3, 0.4) is 0 Å². The average molecular weight is 228 g/mol. The van der Waals surface area contributed by atoms with Crippen molar-refractivity contribution in [3.05, 3.63) is 47.3 Å². The Bertz CT molecular complexity index is 294. The van der Waals surface area contributed by atoms with Gasteiger partial charge in [0.25, 0.3) is 0 Å². The molecule has 0 fully saturated rings. The summed E-state index contributed by atoms with van der Waals surface area (Å²) in [5, 5.41) is 8.26. The topological polar surface area (TPSA) is 23.8 Å². The van der Waals surface area contributed by atoms with E-state index in [0.717, 1.165) is 6.08 Å². The summed E-state index contributed by atoms with van der Waals surface area (Å²) in [6.07, 6.45) is 4.22. The normalized spacial score (nSPS) is 12.1. The molecule has 0 N–H and O–H groups in total. The molecule has 0 heterocycles. The van der Waals surface area contributed by atoms with Gasteiger partial charge in [0.05, 0.1) is 5.57 Å². The zero-order valence-corrected chi connectivity index (χ0v) is 7.94. The molecule has 0 bridgehead atoms. The molecule has 0 aromatic rings. The van der Waals surface area contributed by atoms with Gasteiger partial charge in [-0.15, -0.1) is 0 Å². The number of nitriles is 1. The predicted molar refractivity (Wildman–Crippen MR) is 51.2 cm³/mol. The maximum Gasteiger partial charge on any atom is 0.141 e. The molecule has 0 saturated carbocycles. The van der Waals surface area contributed by atoms with E-state index < -0.39 is 5.83 Å². The Morgan fingerprint density at radius 2 is 2.17 bits per heavy atom. The largest absolute Gasteiger partial charge is 0.206 e. The molecule has 0 amide bonds. The number of hydrogen-bond donors (Lipinski definition) is 0. The molecule has 62 valence electrons. The third-order valence-electron chi connectivity index (χ3n) is 0.965. The molecule has 0 aromatic heterocycles. The molecule has 1 nitrogen and oxygen atoms in total. The summed E-state index contributed by atoms with van der Waals surface area (Å²) < 4.78 is 13.3. The van der Waals surface area contributed by atoms with Crippen molar-refractivity contribution < 1.29 is 4.39 Å². The Balaban J connectivity index is 4.59. The van der Waals surface area contributed by atoms with Gasteiger partial charge in [0.15, 0.2) is 0 Å². The second kappa shape index (κ2) is 5.50. The first kappa shape index (κ1) is 10.9. The summed E-state index contributed by atoms with van der Waals surface area (Å²) in [6.45, 7) is 6.64. The van der Waals surface area contributed by atoms with E-state index in [1.165, 1.54) is 6.08 Å². The lowest BCUT2D eigenvalue weighted by molar-refractivity contribution is 0.659. The van der Waals surface area contributed by atoms with Crippen molar-refractivity contribution in [2.24, 2.45) is 0 Å². The van der Waals surface area contributed by atoms with Gasteiger partial charge in [-0.1, -0.05) is 35.2 Å². The monoisotopic (exact) mass is 227 g/mol. The second-order valence-electron chi connectivity index (χ2n) is 1.87. The number of allylic oxidation sites excluding steroid dienone is 6. The van der Waals surface area contributed by atoms with E-state index in [2.05, 4.69) is 29.1 Å². The van der Waals surface area contributed by atoms with Gasteiger partial charge in [0.2, 0.25) is 0 Å². The van der Waals surface area contributed by atoms with Gasteiger partial charge in [-0.25, -0.2) is 4.39 Å². The fourth-order valence-corrected chi connectivity index (χ4v) is 0.810. The fraction of sp³-hybridized carbons (Fsp3) is 0. The summed E-state index contributed by atoms with van der Waals surface area (Å²) in [5.74, 6) is -0.650. The Labute approximate surface area is 79.3 Å². The van der Waals surface area contributed by atoms with Crippen molar-refractivity contribution in [3.8, 4) is 6.07 Å². The standard InChI is InChI=1S/C9H7BrFN/c1-3-4-8(10)5-9(11)7(2)6-12/h3-5H,1-2H2. The number of halogens is 2. The van der Waals surface area contributed by atoms with Crippen LogP contribution in [0.25, 0.3) is 0 Å². The van der Waals surface area contributed by atoms with Crippen molar-refractivity contribution in [1.29, 1.82) is 5.26 Å². The Kier molecular flexibility index (Phi) is 4.98. The van der Waals surface area contributed by atoms with Crippen LogP contribution in [0.2, 0.25) is 0 Å². The molecule has 0 aliphatic carbocycles. The minimum atomic E-state index is -0.650. The molecule has 0 aromatic carbocycles. The van der Waals surface area contributed by atoms with Crippen LogP contribution in [0, 0.1) is 11.3 Å². The van der Waals surface area contributed by atoms with Crippen molar-refractivity contribution in [3.63, 3.8) is 0 Å². The molecule has 0 aliphatic rings. The molecular weight excluding hydrogens is 221 g/mol. The third kappa shape index (κ3) is 3.89. The average Bonchev–Trinajstić information content (AvgIpc) is 2.03. The lowest BCUT2D eigenvalue weighted by Gasteiger charge is -1.90. The van der Waals surface area contributed by atoms with Crippen LogP contribution >= 0.6 is 15.9 Å². The summed E-state index contributed by atoms with van der Waals surface area (Å²) >= 11 is 3.06. The molecule has 0 spiro atoms. The first-order valence-electron chi connectivity index (χ1n) is 3.06. The van der Waals surface area contributed by atoms with Crippen LogP contribution in [-0.2, 0) is 0 Å². The lowest BCUT2D eigenvalue weighted by atomic mass is 10.3. The van der Waals surface area contributed by atoms with Gasteiger partial charge in [-0.2, -0.15) is 5.26 Å². The molecule has 0 unspecified atom stereocenters.